The number of nitrogens with one attached hydrogen (secondary N) is 1. The van der Waals surface area contributed by atoms with E-state index in [0.29, 0.717) is 17.7 Å². The number of hydrogen-bond donors (Lipinski definition) is 1. The highest BCUT2D eigenvalue weighted by molar-refractivity contribution is 9.10. The minimum Gasteiger partial charge on any atom is -0.379 e. The molecule has 28 heavy (non-hydrogen) atoms. The number of morpholine rings is 1. The number of ether oxygens (including phenoxy) is 1. The number of halogens is 3. The molecule has 0 atom stereocenters. The van der Waals surface area contributed by atoms with Crippen LogP contribution < -0.4 is 10.2 Å². The van der Waals surface area contributed by atoms with Crippen molar-refractivity contribution in [3.8, 4) is 0 Å². The molecule has 0 spiro atoms. The first-order chi connectivity index (χ1) is 13.6. The van der Waals surface area contributed by atoms with E-state index in [1.54, 1.807) is 12.3 Å². The van der Waals surface area contributed by atoms with Gasteiger partial charge in [0.25, 0.3) is 0 Å². The number of piperidine rings is 1. The molecule has 3 heterocycles. The van der Waals surface area contributed by atoms with Crippen LogP contribution in [-0.2, 0) is 4.74 Å². The molecule has 2 aromatic rings. The molecule has 9 heteroatoms. The van der Waals surface area contributed by atoms with Gasteiger partial charge in [-0.3, -0.25) is 4.90 Å². The van der Waals surface area contributed by atoms with Crippen LogP contribution in [0.25, 0.3) is 0 Å². The van der Waals surface area contributed by atoms with Gasteiger partial charge in [0.2, 0.25) is 5.95 Å². The second kappa shape index (κ2) is 8.90. The summed E-state index contributed by atoms with van der Waals surface area (Å²) in [7, 11) is 0. The highest BCUT2D eigenvalue weighted by atomic mass is 79.9. The second-order valence-corrected chi connectivity index (χ2v) is 8.25. The summed E-state index contributed by atoms with van der Waals surface area (Å²) in [6.07, 6.45) is 3.95. The van der Waals surface area contributed by atoms with E-state index in [9.17, 15) is 4.39 Å². The van der Waals surface area contributed by atoms with Crippen molar-refractivity contribution in [2.75, 3.05) is 49.6 Å². The lowest BCUT2D eigenvalue weighted by atomic mass is 10.0. The monoisotopic (exact) mass is 469 g/mol. The summed E-state index contributed by atoms with van der Waals surface area (Å²) < 4.78 is 19.7. The number of rotatable bonds is 4. The van der Waals surface area contributed by atoms with Crippen molar-refractivity contribution in [1.82, 2.24) is 14.9 Å². The maximum absolute atomic E-state index is 13.3. The van der Waals surface area contributed by atoms with Crippen molar-refractivity contribution < 1.29 is 9.13 Å². The Morgan fingerprint density at radius 1 is 1.18 bits per heavy atom. The summed E-state index contributed by atoms with van der Waals surface area (Å²) in [5.41, 5.74) is 0.644. The molecule has 0 aliphatic carbocycles. The molecular weight excluding hydrogens is 449 g/mol. The van der Waals surface area contributed by atoms with Gasteiger partial charge in [-0.2, -0.15) is 4.98 Å². The molecule has 6 nitrogen and oxygen atoms in total. The van der Waals surface area contributed by atoms with Gasteiger partial charge in [0.15, 0.2) is 0 Å². The van der Waals surface area contributed by atoms with Gasteiger partial charge in [0.05, 0.1) is 22.7 Å². The van der Waals surface area contributed by atoms with Gasteiger partial charge in [-0.05, 0) is 47.0 Å². The smallest absolute Gasteiger partial charge is 0.229 e. The van der Waals surface area contributed by atoms with E-state index in [4.69, 9.17) is 16.3 Å². The highest BCUT2D eigenvalue weighted by Gasteiger charge is 2.27. The Morgan fingerprint density at radius 2 is 1.93 bits per heavy atom. The van der Waals surface area contributed by atoms with Crippen LogP contribution in [0.2, 0.25) is 5.02 Å². The predicted octanol–water partition coefficient (Wildman–Crippen LogP) is 4.08. The van der Waals surface area contributed by atoms with Crippen molar-refractivity contribution in [1.29, 1.82) is 0 Å². The van der Waals surface area contributed by atoms with E-state index >= 15 is 0 Å². The van der Waals surface area contributed by atoms with E-state index in [1.165, 1.54) is 12.1 Å². The molecule has 0 unspecified atom stereocenters. The average molecular weight is 471 g/mol. The number of hydrogen-bond acceptors (Lipinski definition) is 6. The third-order valence-corrected chi connectivity index (χ3v) is 6.08. The first kappa shape index (κ1) is 19.8. The second-order valence-electron chi connectivity index (χ2n) is 6.99. The van der Waals surface area contributed by atoms with E-state index in [-0.39, 0.29) is 5.02 Å². The Labute approximate surface area is 177 Å². The number of nitrogens with zero attached hydrogens (tertiary/aromatic N) is 4. The first-order valence-electron chi connectivity index (χ1n) is 9.41. The number of benzene rings is 1. The topological polar surface area (TPSA) is 53.5 Å². The van der Waals surface area contributed by atoms with Crippen LogP contribution in [0.3, 0.4) is 0 Å². The minimum atomic E-state index is -0.451. The molecule has 0 saturated carbocycles. The Kier molecular flexibility index (Phi) is 6.30. The molecule has 1 aromatic heterocycles. The fourth-order valence-electron chi connectivity index (χ4n) is 3.73. The van der Waals surface area contributed by atoms with Gasteiger partial charge < -0.3 is 15.0 Å². The molecule has 2 aliphatic rings. The molecule has 1 aromatic carbocycles. The van der Waals surface area contributed by atoms with E-state index < -0.39 is 5.82 Å². The maximum atomic E-state index is 13.3. The van der Waals surface area contributed by atoms with Crippen molar-refractivity contribution in [3.05, 3.63) is 39.7 Å². The molecular formula is C19H22BrClFN5O. The van der Waals surface area contributed by atoms with Crippen LogP contribution in [0.4, 0.5) is 21.8 Å². The molecule has 0 radical (unpaired) electrons. The van der Waals surface area contributed by atoms with Crippen LogP contribution in [0.1, 0.15) is 12.8 Å². The van der Waals surface area contributed by atoms with Crippen LogP contribution in [0, 0.1) is 5.82 Å². The van der Waals surface area contributed by atoms with Crippen LogP contribution >= 0.6 is 27.5 Å². The number of anilines is 3. The average Bonchev–Trinajstić information content (AvgIpc) is 2.73. The lowest BCUT2D eigenvalue weighted by Gasteiger charge is -2.40. The summed E-state index contributed by atoms with van der Waals surface area (Å²) in [6.45, 7) is 5.60. The van der Waals surface area contributed by atoms with E-state index in [0.717, 1.165) is 62.5 Å². The van der Waals surface area contributed by atoms with Crippen molar-refractivity contribution in [3.63, 3.8) is 0 Å². The van der Waals surface area contributed by atoms with Crippen molar-refractivity contribution >= 4 is 45.0 Å². The van der Waals surface area contributed by atoms with Crippen molar-refractivity contribution in [2.24, 2.45) is 0 Å². The van der Waals surface area contributed by atoms with Crippen molar-refractivity contribution in [2.45, 2.75) is 18.9 Å². The standard InChI is InChI=1S/C19H22BrClFN5O/c20-15-12-23-19(24-13-1-2-17(22)16(21)11-13)25-18(15)27-5-3-14(4-6-27)26-7-9-28-10-8-26/h1-2,11-12,14H,3-10H2,(H,23,24,25). The quantitative estimate of drug-likeness (QED) is 0.727. The van der Waals surface area contributed by atoms with Gasteiger partial charge in [-0.15, -0.1) is 0 Å². The highest BCUT2D eigenvalue weighted by Crippen LogP contribution is 2.29. The van der Waals surface area contributed by atoms with Gasteiger partial charge in [0.1, 0.15) is 11.6 Å². The lowest BCUT2D eigenvalue weighted by molar-refractivity contribution is 0.0114. The summed E-state index contributed by atoms with van der Waals surface area (Å²) in [6, 6.07) is 5.07. The van der Waals surface area contributed by atoms with E-state index in [2.05, 4.69) is 41.0 Å². The maximum Gasteiger partial charge on any atom is 0.229 e. The summed E-state index contributed by atoms with van der Waals surface area (Å²) >= 11 is 9.42. The minimum absolute atomic E-state index is 0.0625. The van der Waals surface area contributed by atoms with Gasteiger partial charge in [-0.1, -0.05) is 11.6 Å². The molecule has 2 fully saturated rings. The lowest BCUT2D eigenvalue weighted by Crippen LogP contribution is -2.49. The third-order valence-electron chi connectivity index (χ3n) is 5.23. The van der Waals surface area contributed by atoms with Gasteiger partial charge >= 0.3 is 0 Å². The van der Waals surface area contributed by atoms with Gasteiger partial charge in [0, 0.05) is 44.1 Å². The van der Waals surface area contributed by atoms with Crippen LogP contribution in [-0.4, -0.2) is 60.3 Å². The van der Waals surface area contributed by atoms with Crippen LogP contribution in [0.5, 0.6) is 0 Å². The third kappa shape index (κ3) is 4.56. The molecule has 0 bridgehead atoms. The molecule has 4 rings (SSSR count). The van der Waals surface area contributed by atoms with E-state index in [1.807, 2.05) is 0 Å². The predicted molar refractivity (Wildman–Crippen MR) is 112 cm³/mol. The zero-order chi connectivity index (χ0) is 19.5. The molecule has 2 aliphatic heterocycles. The van der Waals surface area contributed by atoms with Gasteiger partial charge in [-0.25, -0.2) is 9.37 Å². The van der Waals surface area contributed by atoms with Crippen LogP contribution in [0.15, 0.2) is 28.9 Å². The SMILES string of the molecule is Fc1ccc(Nc2ncc(Br)c(N3CCC(N4CCOCC4)CC3)n2)cc1Cl. The summed E-state index contributed by atoms with van der Waals surface area (Å²) in [5, 5.41) is 3.16. The molecule has 1 N–H and O–H groups in total. The zero-order valence-electron chi connectivity index (χ0n) is 15.4. The Morgan fingerprint density at radius 3 is 2.64 bits per heavy atom. The largest absolute Gasteiger partial charge is 0.379 e. The molecule has 2 saturated heterocycles. The summed E-state index contributed by atoms with van der Waals surface area (Å²) in [5.74, 6) is 0.870. The fourth-order valence-corrected chi connectivity index (χ4v) is 4.35. The summed E-state index contributed by atoms with van der Waals surface area (Å²) in [4.78, 5) is 13.8. The molecule has 0 amide bonds. The Balaban J connectivity index is 1.43. The fraction of sp³-hybridized carbons (Fsp3) is 0.474. The Hall–Kier alpha value is -1.48. The zero-order valence-corrected chi connectivity index (χ0v) is 17.7. The Bertz CT molecular complexity index is 828. The normalized spacial score (nSPS) is 19.0. The first-order valence-corrected chi connectivity index (χ1v) is 10.6. The molecule has 150 valence electrons. The number of aromatic nitrogens is 2.